The zero-order valence-electron chi connectivity index (χ0n) is 17.8. The maximum Gasteiger partial charge on any atom is 0.235 e. The lowest BCUT2D eigenvalue weighted by Crippen LogP contribution is -2.46. The number of rotatable bonds is 7. The van der Waals surface area contributed by atoms with Gasteiger partial charge in [-0.2, -0.15) is 0 Å². The molecule has 1 N–H and O–H groups in total. The number of hydrogen-bond donors (Lipinski definition) is 1. The Morgan fingerprint density at radius 1 is 1.10 bits per heavy atom. The van der Waals surface area contributed by atoms with E-state index >= 15 is 0 Å². The van der Waals surface area contributed by atoms with Crippen LogP contribution < -0.4 is 10.2 Å². The number of piperazine rings is 1. The first-order valence-corrected chi connectivity index (χ1v) is 11.7. The zero-order chi connectivity index (χ0) is 22.0. The molecular weight excluding hydrogens is 436 g/mol. The van der Waals surface area contributed by atoms with Crippen molar-refractivity contribution < 1.29 is 9.18 Å². The molecule has 7 heteroatoms. The first kappa shape index (κ1) is 22.4. The molecule has 1 fully saturated rings. The van der Waals surface area contributed by atoms with Crippen molar-refractivity contribution in [2.75, 3.05) is 42.9 Å². The van der Waals surface area contributed by atoms with Crippen molar-refractivity contribution in [1.82, 2.24) is 4.90 Å². The summed E-state index contributed by atoms with van der Waals surface area (Å²) in [6.07, 6.45) is 3.37. The smallest absolute Gasteiger partial charge is 0.235 e. The van der Waals surface area contributed by atoms with Gasteiger partial charge in [-0.25, -0.2) is 4.39 Å². The first-order chi connectivity index (χ1) is 14.9. The Balaban J connectivity index is 1.29. The Morgan fingerprint density at radius 2 is 1.87 bits per heavy atom. The second kappa shape index (κ2) is 9.35. The van der Waals surface area contributed by atoms with Crippen molar-refractivity contribution in [3.05, 3.63) is 57.8 Å². The van der Waals surface area contributed by atoms with Crippen LogP contribution in [0, 0.1) is 5.82 Å². The number of nitrogens with one attached hydrogen (secondary N) is 1. The number of benzene rings is 2. The molecule has 0 bridgehead atoms. The standard InChI is InChI=1S/C24H28Cl2FN3O/c1-2-24(19-15-20(26)21(27)16-22(19)28-23(24)31)8-3-4-9-29-10-12-30(13-11-29)18-7-5-6-17(25)14-18/h5-7,14-16H,2-4,8-13H2,1H3,(H,28,31). The lowest BCUT2D eigenvalue weighted by atomic mass is 9.75. The molecule has 2 aliphatic heterocycles. The lowest BCUT2D eigenvalue weighted by Gasteiger charge is -2.36. The van der Waals surface area contributed by atoms with E-state index in [4.69, 9.17) is 23.2 Å². The summed E-state index contributed by atoms with van der Waals surface area (Å²) >= 11 is 12.1. The van der Waals surface area contributed by atoms with Crippen LogP contribution in [0.4, 0.5) is 15.8 Å². The Kier molecular flexibility index (Phi) is 6.75. The van der Waals surface area contributed by atoms with E-state index in [1.54, 1.807) is 6.07 Å². The summed E-state index contributed by atoms with van der Waals surface area (Å²) in [5, 5.41) is 3.70. The lowest BCUT2D eigenvalue weighted by molar-refractivity contribution is -0.121. The molecule has 2 aromatic rings. The molecule has 1 amide bonds. The molecule has 2 heterocycles. The monoisotopic (exact) mass is 463 g/mol. The second-order valence-electron chi connectivity index (χ2n) is 8.47. The fraction of sp³-hybridized carbons (Fsp3) is 0.458. The Hall–Kier alpha value is -1.82. The Morgan fingerprint density at radius 3 is 2.58 bits per heavy atom. The highest BCUT2D eigenvalue weighted by molar-refractivity contribution is 6.31. The summed E-state index contributed by atoms with van der Waals surface area (Å²) in [6, 6.07) is 11.0. The van der Waals surface area contributed by atoms with Crippen LogP contribution in [0.25, 0.3) is 0 Å². The topological polar surface area (TPSA) is 35.6 Å². The summed E-state index contributed by atoms with van der Waals surface area (Å²) in [7, 11) is 0. The minimum atomic E-state index is -0.613. The molecule has 2 aliphatic rings. The largest absolute Gasteiger partial charge is 0.369 e. The van der Waals surface area contributed by atoms with Gasteiger partial charge in [0.1, 0.15) is 5.82 Å². The minimum Gasteiger partial charge on any atom is -0.369 e. The van der Waals surface area contributed by atoms with Gasteiger partial charge in [-0.1, -0.05) is 42.6 Å². The molecule has 0 spiro atoms. The van der Waals surface area contributed by atoms with Crippen molar-refractivity contribution in [3.8, 4) is 0 Å². The number of amides is 1. The van der Waals surface area contributed by atoms with Gasteiger partial charge in [0.25, 0.3) is 0 Å². The van der Waals surface area contributed by atoms with E-state index in [2.05, 4.69) is 21.2 Å². The Labute approximate surface area is 193 Å². The van der Waals surface area contributed by atoms with E-state index in [-0.39, 0.29) is 10.9 Å². The van der Waals surface area contributed by atoms with Gasteiger partial charge < -0.3 is 10.2 Å². The number of fused-ring (bicyclic) bond motifs is 1. The maximum absolute atomic E-state index is 13.8. The highest BCUT2D eigenvalue weighted by atomic mass is 35.5. The van der Waals surface area contributed by atoms with Crippen molar-refractivity contribution >= 4 is 40.5 Å². The average molecular weight is 464 g/mol. The molecule has 1 atom stereocenters. The second-order valence-corrected chi connectivity index (χ2v) is 9.31. The van der Waals surface area contributed by atoms with E-state index in [0.29, 0.717) is 12.1 Å². The van der Waals surface area contributed by atoms with E-state index < -0.39 is 11.2 Å². The molecule has 0 saturated carbocycles. The Bertz CT molecular complexity index is 962. The molecule has 0 aliphatic carbocycles. The van der Waals surface area contributed by atoms with Gasteiger partial charge in [0.15, 0.2) is 0 Å². The molecule has 1 unspecified atom stereocenters. The fourth-order valence-corrected chi connectivity index (χ4v) is 5.20. The number of halogens is 3. The quantitative estimate of drug-likeness (QED) is 0.532. The van der Waals surface area contributed by atoms with Crippen molar-refractivity contribution in [1.29, 1.82) is 0 Å². The van der Waals surface area contributed by atoms with Gasteiger partial charge >= 0.3 is 0 Å². The maximum atomic E-state index is 13.8. The molecule has 2 aromatic carbocycles. The predicted octanol–water partition coefficient (Wildman–Crippen LogP) is 5.72. The van der Waals surface area contributed by atoms with E-state index in [1.807, 2.05) is 25.1 Å². The molecule has 4 rings (SSSR count). The average Bonchev–Trinajstić information content (AvgIpc) is 3.02. The number of carbonyl (C=O) groups is 1. The van der Waals surface area contributed by atoms with Crippen LogP contribution in [0.5, 0.6) is 0 Å². The highest BCUT2D eigenvalue weighted by Crippen LogP contribution is 2.45. The molecule has 31 heavy (non-hydrogen) atoms. The van der Waals surface area contributed by atoms with Crippen LogP contribution in [0.15, 0.2) is 36.4 Å². The third-order valence-electron chi connectivity index (χ3n) is 6.74. The van der Waals surface area contributed by atoms with Crippen molar-refractivity contribution in [3.63, 3.8) is 0 Å². The van der Waals surface area contributed by atoms with Crippen molar-refractivity contribution in [2.45, 2.75) is 38.0 Å². The molecule has 0 radical (unpaired) electrons. The van der Waals surface area contributed by atoms with Gasteiger partial charge in [-0.05, 0) is 61.7 Å². The molecule has 4 nitrogen and oxygen atoms in total. The van der Waals surface area contributed by atoms with E-state index in [0.717, 1.165) is 62.6 Å². The summed E-state index contributed by atoms with van der Waals surface area (Å²) in [5.74, 6) is -0.536. The SMILES string of the molecule is CCC1(CCCCN2CCN(c3cccc(Cl)c3)CC2)C(=O)Nc2cc(F)c(Cl)cc21. The van der Waals surface area contributed by atoms with Crippen LogP contribution in [-0.2, 0) is 10.2 Å². The van der Waals surface area contributed by atoms with Crippen LogP contribution >= 0.6 is 23.2 Å². The van der Waals surface area contributed by atoms with Gasteiger partial charge in [0.2, 0.25) is 5.91 Å². The first-order valence-electron chi connectivity index (χ1n) is 11.0. The van der Waals surface area contributed by atoms with Gasteiger partial charge in [0, 0.05) is 42.6 Å². The molecule has 0 aromatic heterocycles. The van der Waals surface area contributed by atoms with Gasteiger partial charge in [-0.15, -0.1) is 0 Å². The van der Waals surface area contributed by atoms with E-state index in [1.165, 1.54) is 11.8 Å². The fourth-order valence-electron chi connectivity index (χ4n) is 4.85. The van der Waals surface area contributed by atoms with Crippen LogP contribution in [0.1, 0.15) is 38.2 Å². The zero-order valence-corrected chi connectivity index (χ0v) is 19.3. The van der Waals surface area contributed by atoms with Crippen molar-refractivity contribution in [2.24, 2.45) is 0 Å². The number of anilines is 2. The number of nitrogens with zero attached hydrogens (tertiary/aromatic N) is 2. The summed E-state index contributed by atoms with van der Waals surface area (Å²) in [6.45, 7) is 7.04. The third kappa shape index (κ3) is 4.55. The number of carbonyl (C=O) groups excluding carboxylic acids is 1. The summed E-state index contributed by atoms with van der Waals surface area (Å²) < 4.78 is 13.8. The molecular formula is C24H28Cl2FN3O. The van der Waals surface area contributed by atoms with Crippen LogP contribution in [-0.4, -0.2) is 43.5 Å². The predicted molar refractivity (Wildman–Crippen MR) is 126 cm³/mol. The molecule has 1 saturated heterocycles. The number of unbranched alkanes of at least 4 members (excludes halogenated alkanes) is 1. The van der Waals surface area contributed by atoms with Crippen LogP contribution in [0.3, 0.4) is 0 Å². The third-order valence-corrected chi connectivity index (χ3v) is 7.26. The summed E-state index contributed by atoms with van der Waals surface area (Å²) in [4.78, 5) is 17.6. The van der Waals surface area contributed by atoms with Gasteiger partial charge in [-0.3, -0.25) is 9.69 Å². The number of hydrogen-bond acceptors (Lipinski definition) is 3. The minimum absolute atomic E-state index is 0.0400. The highest BCUT2D eigenvalue weighted by Gasteiger charge is 2.45. The van der Waals surface area contributed by atoms with Crippen LogP contribution in [0.2, 0.25) is 10.0 Å². The normalized spacial score (nSPS) is 21.3. The summed E-state index contributed by atoms with van der Waals surface area (Å²) in [5.41, 5.74) is 1.96. The van der Waals surface area contributed by atoms with Gasteiger partial charge in [0.05, 0.1) is 10.4 Å². The van der Waals surface area contributed by atoms with E-state index in [9.17, 15) is 9.18 Å². The molecule has 166 valence electrons.